The van der Waals surface area contributed by atoms with Crippen molar-refractivity contribution in [2.24, 2.45) is 0 Å². The predicted molar refractivity (Wildman–Crippen MR) is 73.8 cm³/mol. The summed E-state index contributed by atoms with van der Waals surface area (Å²) in [5.41, 5.74) is 7.99. The zero-order chi connectivity index (χ0) is 13.5. The van der Waals surface area contributed by atoms with Gasteiger partial charge in [0.25, 0.3) is 5.91 Å². The molecule has 3 N–H and O–H groups in total. The van der Waals surface area contributed by atoms with Crippen LogP contribution in [0.1, 0.15) is 31.1 Å². The van der Waals surface area contributed by atoms with Gasteiger partial charge in [-0.05, 0) is 39.0 Å². The average molecular weight is 248 g/mol. The van der Waals surface area contributed by atoms with Crippen LogP contribution in [0.5, 0.6) is 5.75 Å². The van der Waals surface area contributed by atoms with Gasteiger partial charge in [-0.1, -0.05) is 11.6 Å². The minimum Gasteiger partial charge on any atom is -0.492 e. The highest BCUT2D eigenvalue weighted by Gasteiger charge is 2.07. The molecule has 0 aliphatic carbocycles. The van der Waals surface area contributed by atoms with Gasteiger partial charge in [0.2, 0.25) is 0 Å². The Morgan fingerprint density at radius 3 is 2.72 bits per heavy atom. The zero-order valence-electron chi connectivity index (χ0n) is 11.1. The maximum atomic E-state index is 11.8. The van der Waals surface area contributed by atoms with E-state index in [-0.39, 0.29) is 5.91 Å². The number of amides is 1. The summed E-state index contributed by atoms with van der Waals surface area (Å²) >= 11 is 0. The van der Waals surface area contributed by atoms with Crippen LogP contribution < -0.4 is 15.8 Å². The summed E-state index contributed by atoms with van der Waals surface area (Å²) in [4.78, 5) is 11.8. The monoisotopic (exact) mass is 248 g/mol. The van der Waals surface area contributed by atoms with Crippen LogP contribution in [0.3, 0.4) is 0 Å². The number of allylic oxidation sites excluding steroid dienone is 1. The van der Waals surface area contributed by atoms with Crippen LogP contribution in [0.25, 0.3) is 0 Å². The number of anilines is 1. The maximum absolute atomic E-state index is 11.8. The molecule has 0 saturated heterocycles. The lowest BCUT2D eigenvalue weighted by Gasteiger charge is -2.08. The molecule has 1 aromatic carbocycles. The molecule has 4 heteroatoms. The summed E-state index contributed by atoms with van der Waals surface area (Å²) in [5, 5.41) is 2.80. The molecule has 0 fully saturated rings. The number of carbonyl (C=O) groups excluding carboxylic acids is 1. The van der Waals surface area contributed by atoms with Gasteiger partial charge in [-0.25, -0.2) is 0 Å². The van der Waals surface area contributed by atoms with Crippen molar-refractivity contribution in [3.63, 3.8) is 0 Å². The lowest BCUT2D eigenvalue weighted by atomic mass is 10.1. The predicted octanol–water partition coefficient (Wildman–Crippen LogP) is 2.36. The molecule has 0 atom stereocenters. The van der Waals surface area contributed by atoms with E-state index in [4.69, 9.17) is 10.5 Å². The molecule has 98 valence electrons. The molecule has 0 spiro atoms. The molecule has 0 aliphatic heterocycles. The van der Waals surface area contributed by atoms with Gasteiger partial charge in [-0.3, -0.25) is 4.79 Å². The number of ether oxygens (including phenoxy) is 1. The highest BCUT2D eigenvalue weighted by Crippen LogP contribution is 2.22. The van der Waals surface area contributed by atoms with E-state index in [0.29, 0.717) is 30.2 Å². The third-order valence-electron chi connectivity index (χ3n) is 2.34. The Morgan fingerprint density at radius 2 is 2.17 bits per heavy atom. The average Bonchev–Trinajstić information content (AvgIpc) is 2.31. The normalized spacial score (nSPS) is 9.72. The van der Waals surface area contributed by atoms with Gasteiger partial charge >= 0.3 is 0 Å². The van der Waals surface area contributed by atoms with Crippen molar-refractivity contribution in [2.45, 2.75) is 20.8 Å². The second-order valence-electron chi connectivity index (χ2n) is 4.18. The Hall–Kier alpha value is -1.97. The van der Waals surface area contributed by atoms with Crippen molar-refractivity contribution in [3.8, 4) is 5.75 Å². The quantitative estimate of drug-likeness (QED) is 0.621. The number of nitrogens with one attached hydrogen (secondary N) is 1. The molecular weight excluding hydrogens is 228 g/mol. The Morgan fingerprint density at radius 1 is 1.44 bits per heavy atom. The molecule has 1 aromatic rings. The van der Waals surface area contributed by atoms with Crippen molar-refractivity contribution in [3.05, 3.63) is 35.4 Å². The van der Waals surface area contributed by atoms with Gasteiger partial charge in [0, 0.05) is 12.1 Å². The first-order chi connectivity index (χ1) is 8.54. The second kappa shape index (κ2) is 6.69. The van der Waals surface area contributed by atoms with Gasteiger partial charge in [-0.2, -0.15) is 0 Å². The van der Waals surface area contributed by atoms with E-state index in [1.54, 1.807) is 18.2 Å². The van der Waals surface area contributed by atoms with E-state index in [1.165, 1.54) is 5.57 Å². The fraction of sp³-hybridized carbons (Fsp3) is 0.357. The van der Waals surface area contributed by atoms with Crippen molar-refractivity contribution in [1.82, 2.24) is 5.32 Å². The summed E-state index contributed by atoms with van der Waals surface area (Å²) < 4.78 is 5.32. The van der Waals surface area contributed by atoms with E-state index in [1.807, 2.05) is 26.8 Å². The van der Waals surface area contributed by atoms with Crippen LogP contribution in [0.4, 0.5) is 5.69 Å². The lowest BCUT2D eigenvalue weighted by Crippen LogP contribution is -2.23. The number of hydrogen-bond donors (Lipinski definition) is 2. The summed E-state index contributed by atoms with van der Waals surface area (Å²) in [6.07, 6.45) is 1.95. The van der Waals surface area contributed by atoms with Gasteiger partial charge in [0.1, 0.15) is 5.75 Å². The molecule has 0 heterocycles. The summed E-state index contributed by atoms with van der Waals surface area (Å²) in [7, 11) is 0. The van der Waals surface area contributed by atoms with Gasteiger partial charge in [0.15, 0.2) is 0 Å². The molecule has 4 nitrogen and oxygen atoms in total. The van der Waals surface area contributed by atoms with Gasteiger partial charge < -0.3 is 15.8 Å². The van der Waals surface area contributed by atoms with E-state index in [0.717, 1.165) is 0 Å². The Labute approximate surface area is 108 Å². The highest BCUT2D eigenvalue weighted by molar-refractivity contribution is 5.95. The SMILES string of the molecule is CCOc1ccc(C(=O)NCC=C(C)C)cc1N. The van der Waals surface area contributed by atoms with Crippen LogP contribution >= 0.6 is 0 Å². The first-order valence-corrected chi connectivity index (χ1v) is 5.98. The number of hydrogen-bond acceptors (Lipinski definition) is 3. The van der Waals surface area contributed by atoms with Crippen molar-refractivity contribution in [2.75, 3.05) is 18.9 Å². The van der Waals surface area contributed by atoms with Crippen LogP contribution in [0, 0.1) is 0 Å². The maximum Gasteiger partial charge on any atom is 0.251 e. The second-order valence-corrected chi connectivity index (χ2v) is 4.18. The number of rotatable bonds is 5. The molecule has 0 unspecified atom stereocenters. The summed E-state index contributed by atoms with van der Waals surface area (Å²) in [6.45, 7) is 6.94. The molecular formula is C14H20N2O2. The smallest absolute Gasteiger partial charge is 0.251 e. The van der Waals surface area contributed by atoms with Gasteiger partial charge in [0.05, 0.1) is 12.3 Å². The van der Waals surface area contributed by atoms with Crippen LogP contribution in [-0.4, -0.2) is 19.1 Å². The molecule has 0 aliphatic rings. The van der Waals surface area contributed by atoms with Crippen molar-refractivity contribution >= 4 is 11.6 Å². The third kappa shape index (κ3) is 4.13. The van der Waals surface area contributed by atoms with E-state index >= 15 is 0 Å². The molecule has 1 rings (SSSR count). The van der Waals surface area contributed by atoms with Crippen LogP contribution in [0.15, 0.2) is 29.8 Å². The van der Waals surface area contributed by atoms with Crippen LogP contribution in [-0.2, 0) is 0 Å². The topological polar surface area (TPSA) is 64.3 Å². The van der Waals surface area contributed by atoms with Gasteiger partial charge in [-0.15, -0.1) is 0 Å². The molecule has 18 heavy (non-hydrogen) atoms. The highest BCUT2D eigenvalue weighted by atomic mass is 16.5. The summed E-state index contributed by atoms with van der Waals surface area (Å²) in [5.74, 6) is 0.473. The fourth-order valence-electron chi connectivity index (χ4n) is 1.43. The first-order valence-electron chi connectivity index (χ1n) is 5.98. The number of nitrogens with two attached hydrogens (primary N) is 1. The Balaban J connectivity index is 2.69. The molecule has 0 bridgehead atoms. The fourth-order valence-corrected chi connectivity index (χ4v) is 1.43. The van der Waals surface area contributed by atoms with E-state index in [9.17, 15) is 4.79 Å². The zero-order valence-corrected chi connectivity index (χ0v) is 11.1. The largest absolute Gasteiger partial charge is 0.492 e. The minimum atomic E-state index is -0.137. The molecule has 0 radical (unpaired) electrons. The van der Waals surface area contributed by atoms with Crippen molar-refractivity contribution < 1.29 is 9.53 Å². The molecule has 0 saturated carbocycles. The van der Waals surface area contributed by atoms with E-state index in [2.05, 4.69) is 5.32 Å². The Kier molecular flexibility index (Phi) is 5.24. The number of benzene rings is 1. The molecule has 1 amide bonds. The van der Waals surface area contributed by atoms with Crippen molar-refractivity contribution in [1.29, 1.82) is 0 Å². The number of nitrogen functional groups attached to an aromatic ring is 1. The summed E-state index contributed by atoms with van der Waals surface area (Å²) in [6, 6.07) is 5.05. The third-order valence-corrected chi connectivity index (χ3v) is 2.34. The standard InChI is InChI=1S/C14H20N2O2/c1-4-18-13-6-5-11(9-12(13)15)14(17)16-8-7-10(2)3/h5-7,9H,4,8,15H2,1-3H3,(H,16,17). The Bertz CT molecular complexity index is 449. The first kappa shape index (κ1) is 14.1. The van der Waals surface area contributed by atoms with Crippen LogP contribution in [0.2, 0.25) is 0 Å². The molecule has 0 aromatic heterocycles. The number of carbonyl (C=O) groups is 1. The van der Waals surface area contributed by atoms with E-state index < -0.39 is 0 Å². The lowest BCUT2D eigenvalue weighted by molar-refractivity contribution is 0.0958. The minimum absolute atomic E-state index is 0.137.